The maximum absolute atomic E-state index is 12.3. The third-order valence-electron chi connectivity index (χ3n) is 4.63. The monoisotopic (exact) mass is 473 g/mol. The van der Waals surface area contributed by atoms with Crippen molar-refractivity contribution in [1.82, 2.24) is 20.2 Å². The molecule has 1 amide bonds. The number of amides is 1. The minimum Gasteiger partial charge on any atom is -0.480 e. The number of carboxylic acids is 1. The van der Waals surface area contributed by atoms with Gasteiger partial charge in [-0.25, -0.2) is 13.1 Å². The van der Waals surface area contributed by atoms with E-state index < -0.39 is 27.9 Å². The Bertz CT molecular complexity index is 1000. The summed E-state index contributed by atoms with van der Waals surface area (Å²) < 4.78 is 30.2. The number of carbonyl (C=O) groups excluding carboxylic acids is 1. The first kappa shape index (κ1) is 24.7. The summed E-state index contributed by atoms with van der Waals surface area (Å²) in [7, 11) is -3.66. The Morgan fingerprint density at radius 3 is 2.45 bits per heavy atom. The van der Waals surface area contributed by atoms with Gasteiger partial charge >= 0.3 is 17.8 Å². The highest BCUT2D eigenvalue weighted by Gasteiger charge is 2.24. The lowest BCUT2D eigenvalue weighted by molar-refractivity contribution is -0.138. The highest BCUT2D eigenvalue weighted by atomic mass is 35.5. The van der Waals surface area contributed by atoms with Gasteiger partial charge in [-0.05, 0) is 50.0 Å². The molecule has 1 atom stereocenters. The molecule has 0 saturated carbocycles. The summed E-state index contributed by atoms with van der Waals surface area (Å²) >= 11 is 0. The summed E-state index contributed by atoms with van der Waals surface area (Å²) in [4.78, 5) is 23.6. The molecule has 0 aliphatic carbocycles. The van der Waals surface area contributed by atoms with E-state index in [0.29, 0.717) is 17.1 Å². The minimum absolute atomic E-state index is 0. The number of nitrogens with zero attached hydrogens (tertiary/aromatic N) is 2. The summed E-state index contributed by atoms with van der Waals surface area (Å²) in [5.41, 5.74) is 1.04. The minimum atomic E-state index is -3.66. The quantitative estimate of drug-likeness (QED) is 0.433. The smallest absolute Gasteiger partial charge is 0.322 e. The van der Waals surface area contributed by atoms with Gasteiger partial charge in [0.05, 0.1) is 6.26 Å². The van der Waals surface area contributed by atoms with Crippen LogP contribution in [0.5, 0.6) is 0 Å². The van der Waals surface area contributed by atoms with Crippen molar-refractivity contribution in [1.29, 1.82) is 0 Å². The van der Waals surface area contributed by atoms with Gasteiger partial charge in [-0.1, -0.05) is 12.1 Å². The van der Waals surface area contributed by atoms with Gasteiger partial charge in [-0.2, -0.15) is 0 Å². The number of benzene rings is 1. The first-order valence-electron chi connectivity index (χ1n) is 9.36. The second-order valence-electron chi connectivity index (χ2n) is 7.11. The van der Waals surface area contributed by atoms with Gasteiger partial charge in [-0.3, -0.25) is 9.59 Å². The molecule has 2 aromatic rings. The molecule has 0 bridgehead atoms. The van der Waals surface area contributed by atoms with Crippen LogP contribution in [-0.2, 0) is 21.2 Å². The molecule has 0 spiro atoms. The average Bonchev–Trinajstić information content (AvgIpc) is 3.19. The van der Waals surface area contributed by atoms with Crippen LogP contribution in [0, 0.1) is 0 Å². The Morgan fingerprint density at radius 1 is 1.23 bits per heavy atom. The molecule has 1 fully saturated rings. The summed E-state index contributed by atoms with van der Waals surface area (Å²) in [5, 5.41) is 22.9. The first-order valence-corrected chi connectivity index (χ1v) is 11.2. The fourth-order valence-electron chi connectivity index (χ4n) is 3.14. The zero-order valence-electron chi connectivity index (χ0n) is 16.7. The summed E-state index contributed by atoms with van der Waals surface area (Å²) in [5.74, 6) is -1.36. The molecule has 31 heavy (non-hydrogen) atoms. The summed E-state index contributed by atoms with van der Waals surface area (Å²) in [6.45, 7) is 1.73. The fraction of sp³-hybridized carbons (Fsp3) is 0.444. The third-order valence-corrected chi connectivity index (χ3v) is 5.34. The van der Waals surface area contributed by atoms with Gasteiger partial charge in [-0.15, -0.1) is 22.6 Å². The number of carbonyl (C=O) groups is 2. The number of aromatic nitrogens is 2. The number of rotatable bonds is 8. The SMILES string of the molecule is CS(=O)(=O)NC(Cc1ccc(NC(=O)c2nnc(C3CCNCC3)o2)cc1)C(=O)O.Cl. The van der Waals surface area contributed by atoms with Gasteiger partial charge in [0.2, 0.25) is 15.9 Å². The van der Waals surface area contributed by atoms with Crippen molar-refractivity contribution >= 4 is 40.0 Å². The lowest BCUT2D eigenvalue weighted by Crippen LogP contribution is -2.41. The van der Waals surface area contributed by atoms with E-state index in [1.807, 2.05) is 0 Å². The molecule has 0 radical (unpaired) electrons. The van der Waals surface area contributed by atoms with Crippen molar-refractivity contribution in [2.75, 3.05) is 24.7 Å². The number of nitrogens with one attached hydrogen (secondary N) is 3. The molecule has 1 saturated heterocycles. The highest BCUT2D eigenvalue weighted by Crippen LogP contribution is 2.24. The van der Waals surface area contributed by atoms with Gasteiger partial charge in [0.15, 0.2) is 0 Å². The molecule has 13 heteroatoms. The van der Waals surface area contributed by atoms with Crippen LogP contribution < -0.4 is 15.4 Å². The van der Waals surface area contributed by atoms with Crippen LogP contribution in [0.4, 0.5) is 5.69 Å². The second kappa shape index (κ2) is 10.7. The molecular weight excluding hydrogens is 450 g/mol. The predicted molar refractivity (Wildman–Crippen MR) is 114 cm³/mol. The largest absolute Gasteiger partial charge is 0.480 e. The van der Waals surface area contributed by atoms with E-state index in [0.717, 1.165) is 32.2 Å². The van der Waals surface area contributed by atoms with Crippen LogP contribution in [0.2, 0.25) is 0 Å². The zero-order chi connectivity index (χ0) is 21.7. The van der Waals surface area contributed by atoms with Crippen LogP contribution in [0.1, 0.15) is 40.9 Å². The normalized spacial score (nSPS) is 15.6. The van der Waals surface area contributed by atoms with E-state index in [1.54, 1.807) is 24.3 Å². The van der Waals surface area contributed by atoms with Crippen molar-refractivity contribution in [2.45, 2.75) is 31.2 Å². The maximum atomic E-state index is 12.3. The second-order valence-corrected chi connectivity index (χ2v) is 8.89. The summed E-state index contributed by atoms with van der Waals surface area (Å²) in [6.07, 6.45) is 2.60. The van der Waals surface area contributed by atoms with Crippen molar-refractivity contribution < 1.29 is 27.5 Å². The number of halogens is 1. The molecule has 1 aliphatic rings. The van der Waals surface area contributed by atoms with Crippen molar-refractivity contribution in [3.8, 4) is 0 Å². The van der Waals surface area contributed by atoms with E-state index in [-0.39, 0.29) is 30.6 Å². The molecule has 11 nitrogen and oxygen atoms in total. The van der Waals surface area contributed by atoms with Crippen molar-refractivity contribution in [3.63, 3.8) is 0 Å². The number of sulfonamides is 1. The van der Waals surface area contributed by atoms with Crippen LogP contribution in [0.3, 0.4) is 0 Å². The molecular formula is C18H24ClN5O6S. The predicted octanol–water partition coefficient (Wildman–Crippen LogP) is 0.756. The van der Waals surface area contributed by atoms with Crippen LogP contribution >= 0.6 is 12.4 Å². The Kier molecular flexibility index (Phi) is 8.51. The number of hydrogen-bond acceptors (Lipinski definition) is 8. The molecule has 1 aromatic heterocycles. The standard InChI is InChI=1S/C18H23N5O6S.ClH/c1-30(27,28)23-14(18(25)26)10-11-2-4-13(5-3-11)20-15(24)17-22-21-16(29-17)12-6-8-19-9-7-12;/h2-5,12,14,19,23H,6-10H2,1H3,(H,20,24)(H,25,26);1H. The molecule has 1 aromatic carbocycles. The Balaban J connectivity index is 0.00000341. The maximum Gasteiger partial charge on any atom is 0.322 e. The van der Waals surface area contributed by atoms with Crippen LogP contribution in [0.15, 0.2) is 28.7 Å². The van der Waals surface area contributed by atoms with Crippen molar-refractivity contribution in [3.05, 3.63) is 41.6 Å². The number of hydrogen-bond donors (Lipinski definition) is 4. The number of anilines is 1. The Labute approximate surface area is 185 Å². The van der Waals surface area contributed by atoms with Crippen molar-refractivity contribution in [2.24, 2.45) is 0 Å². The number of carboxylic acid groups (broad SMARTS) is 1. The summed E-state index contributed by atoms with van der Waals surface area (Å²) in [6, 6.07) is 5.08. The lowest BCUT2D eigenvalue weighted by Gasteiger charge is -2.18. The van der Waals surface area contributed by atoms with E-state index >= 15 is 0 Å². The molecule has 1 aliphatic heterocycles. The average molecular weight is 474 g/mol. The van der Waals surface area contributed by atoms with E-state index in [1.165, 1.54) is 0 Å². The van der Waals surface area contributed by atoms with Crippen LogP contribution in [-0.4, -0.2) is 61.0 Å². The topological polar surface area (TPSA) is 164 Å². The Hall–Kier alpha value is -2.54. The lowest BCUT2D eigenvalue weighted by atomic mass is 9.98. The van der Waals surface area contributed by atoms with Gasteiger partial charge < -0.3 is 20.2 Å². The molecule has 2 heterocycles. The van der Waals surface area contributed by atoms with Gasteiger partial charge in [0.25, 0.3) is 0 Å². The van der Waals surface area contributed by atoms with E-state index in [2.05, 4.69) is 25.6 Å². The molecule has 4 N–H and O–H groups in total. The van der Waals surface area contributed by atoms with Gasteiger partial charge in [0, 0.05) is 11.6 Å². The van der Waals surface area contributed by atoms with E-state index in [4.69, 9.17) is 4.42 Å². The molecule has 1 unspecified atom stereocenters. The zero-order valence-corrected chi connectivity index (χ0v) is 18.3. The van der Waals surface area contributed by atoms with E-state index in [9.17, 15) is 23.1 Å². The van der Waals surface area contributed by atoms with Gasteiger partial charge in [0.1, 0.15) is 6.04 Å². The third kappa shape index (κ3) is 7.28. The number of aliphatic carboxylic acids is 1. The fourth-order valence-corrected chi connectivity index (χ4v) is 3.84. The first-order chi connectivity index (χ1) is 14.2. The number of piperidine rings is 1. The Morgan fingerprint density at radius 2 is 1.87 bits per heavy atom. The highest BCUT2D eigenvalue weighted by molar-refractivity contribution is 7.88. The van der Waals surface area contributed by atoms with Crippen LogP contribution in [0.25, 0.3) is 0 Å². The molecule has 170 valence electrons. The molecule has 3 rings (SSSR count).